The highest BCUT2D eigenvalue weighted by Gasteiger charge is 2.68. The van der Waals surface area contributed by atoms with Crippen molar-refractivity contribution in [3.05, 3.63) is 23.3 Å². The first-order chi connectivity index (χ1) is 26.0. The summed E-state index contributed by atoms with van der Waals surface area (Å²) in [5, 5.41) is 14.3. The maximum atomic E-state index is 14.5. The lowest BCUT2D eigenvalue weighted by atomic mass is 9.56. The van der Waals surface area contributed by atoms with Crippen molar-refractivity contribution >= 4 is 45.7 Å². The van der Waals surface area contributed by atoms with Crippen molar-refractivity contribution in [2.75, 3.05) is 32.5 Å². The van der Waals surface area contributed by atoms with E-state index in [2.05, 4.69) is 28.7 Å². The second-order valence-electron chi connectivity index (χ2n) is 17.7. The Bertz CT molecular complexity index is 1560. The SMILES string of the molecule is CC=C(CCO)C(=O)OC1(C)CC=C2CSSC3CC(C=O)C([NH2+]C)C4CN(C(=O)CC5C[NH2+]C(N)CC5C2C12CC1CC5CCC(=O)OC5CC1O2)C34. The quantitative estimate of drug-likeness (QED) is 0.0996. The summed E-state index contributed by atoms with van der Waals surface area (Å²) in [6.45, 7) is 5.10. The van der Waals surface area contributed by atoms with Gasteiger partial charge in [-0.2, -0.15) is 0 Å². The predicted molar refractivity (Wildman–Crippen MR) is 203 cm³/mol. The smallest absolute Gasteiger partial charge is 0.334 e. The van der Waals surface area contributed by atoms with Crippen molar-refractivity contribution in [2.24, 2.45) is 47.2 Å². The second kappa shape index (κ2) is 15.4. The number of ether oxygens (including phenoxy) is 3. The molecule has 8 aliphatic rings. The number of nitrogens with two attached hydrogens (primary N) is 3. The molecule has 0 bridgehead atoms. The molecule has 7 N–H and O–H groups in total. The number of aliphatic hydroxyl groups excluding tert-OH is 1. The number of rotatable bonds is 6. The molecule has 5 saturated heterocycles. The molecule has 5 aliphatic heterocycles. The van der Waals surface area contributed by atoms with E-state index in [9.17, 15) is 24.3 Å². The number of esters is 2. The molecular weight excluding hydrogens is 729 g/mol. The molecule has 14 heteroatoms. The fraction of sp³-hybridized carbons (Fsp3) is 0.800. The third kappa shape index (κ3) is 6.61. The number of aldehydes is 1. The number of piperidine rings is 1. The number of nitrogens with zero attached hydrogens (tertiary/aromatic N) is 1. The van der Waals surface area contributed by atoms with Crippen molar-refractivity contribution in [3.63, 3.8) is 0 Å². The zero-order valence-corrected chi connectivity index (χ0v) is 33.6. The van der Waals surface area contributed by atoms with Crippen LogP contribution in [0.2, 0.25) is 0 Å². The fourth-order valence-electron chi connectivity index (χ4n) is 12.4. The molecule has 0 aromatic carbocycles. The van der Waals surface area contributed by atoms with Gasteiger partial charge in [0.25, 0.3) is 0 Å². The van der Waals surface area contributed by atoms with Gasteiger partial charge in [-0.25, -0.2) is 4.79 Å². The van der Waals surface area contributed by atoms with Crippen LogP contribution in [-0.2, 0) is 33.4 Å². The lowest BCUT2D eigenvalue weighted by Crippen LogP contribution is -2.96. The van der Waals surface area contributed by atoms with Gasteiger partial charge >= 0.3 is 11.9 Å². The fourth-order valence-corrected chi connectivity index (χ4v) is 15.5. The number of hydrogen-bond donors (Lipinski definition) is 4. The number of quaternary nitrogens is 2. The number of carbonyl (C=O) groups is 4. The molecule has 0 aromatic rings. The van der Waals surface area contributed by atoms with E-state index in [1.807, 2.05) is 28.5 Å². The van der Waals surface area contributed by atoms with Gasteiger partial charge in [-0.3, -0.25) is 15.3 Å². The highest BCUT2D eigenvalue weighted by molar-refractivity contribution is 8.77. The molecule has 3 aliphatic carbocycles. The second-order valence-corrected chi connectivity index (χ2v) is 20.3. The highest BCUT2D eigenvalue weighted by Crippen LogP contribution is 2.62. The molecule has 7 fully saturated rings. The topological polar surface area (TPSA) is 179 Å². The minimum absolute atomic E-state index is 0.0119. The van der Waals surface area contributed by atoms with Gasteiger partial charge in [0, 0.05) is 80.1 Å². The van der Waals surface area contributed by atoms with Crippen LogP contribution in [0.15, 0.2) is 23.3 Å². The minimum atomic E-state index is -1.04. The molecule has 298 valence electrons. The molecule has 1 spiro atoms. The largest absolute Gasteiger partial charge is 0.462 e. The molecule has 0 radical (unpaired) electrons. The molecule has 5 heterocycles. The summed E-state index contributed by atoms with van der Waals surface area (Å²) >= 11 is 0. The van der Waals surface area contributed by atoms with E-state index in [0.717, 1.165) is 37.8 Å². The standard InChI is InChI=1S/C40H58N4O8S2/c1-4-21(8-10-45)38(49)52-39(2)9-7-23-20-53-54-31-12-26(19-46)36(42-3)28-18-44(37(28)31)33(47)13-25-17-43-32(41)14-27(25)35(23)40(39)16-24-11-22-5-6-34(48)50-29(22)15-30(24)51-40/h4,7,19,22,24-32,35-37,42-43,45H,5-6,8-18,20,41H2,1-3H3/p+2. The first-order valence-corrected chi connectivity index (χ1v) is 22.9. The van der Waals surface area contributed by atoms with Gasteiger partial charge in [-0.15, -0.1) is 0 Å². The molecule has 12 nitrogen and oxygen atoms in total. The van der Waals surface area contributed by atoms with E-state index in [4.69, 9.17) is 19.9 Å². The Balaban J connectivity index is 1.19. The summed E-state index contributed by atoms with van der Waals surface area (Å²) in [7, 11) is 5.71. The third-order valence-corrected chi connectivity index (χ3v) is 17.9. The van der Waals surface area contributed by atoms with Crippen molar-refractivity contribution < 1.29 is 49.1 Å². The molecule has 15 unspecified atom stereocenters. The number of fused-ring (bicyclic) bond motifs is 6. The minimum Gasteiger partial charge on any atom is -0.462 e. The number of allylic oxidation sites excluding steroid dienone is 1. The van der Waals surface area contributed by atoms with Gasteiger partial charge in [0.15, 0.2) is 0 Å². The Labute approximate surface area is 326 Å². The van der Waals surface area contributed by atoms with Gasteiger partial charge in [0.1, 0.15) is 35.8 Å². The summed E-state index contributed by atoms with van der Waals surface area (Å²) in [4.78, 5) is 55.4. The van der Waals surface area contributed by atoms with Crippen LogP contribution >= 0.6 is 21.6 Å². The van der Waals surface area contributed by atoms with Crippen molar-refractivity contribution in [2.45, 2.75) is 125 Å². The zero-order valence-electron chi connectivity index (χ0n) is 31.9. The number of amides is 1. The Morgan fingerprint density at radius 3 is 2.78 bits per heavy atom. The third-order valence-electron chi connectivity index (χ3n) is 15.0. The van der Waals surface area contributed by atoms with Crippen molar-refractivity contribution in [3.8, 4) is 0 Å². The molecule has 2 saturated carbocycles. The number of hydrogen-bond acceptors (Lipinski definition) is 11. The summed E-state index contributed by atoms with van der Waals surface area (Å²) in [6.07, 6.45) is 10.7. The monoisotopic (exact) mass is 788 g/mol. The van der Waals surface area contributed by atoms with E-state index in [0.29, 0.717) is 56.6 Å². The molecule has 8 rings (SSSR count). The Hall–Kier alpha value is -1.94. The summed E-state index contributed by atoms with van der Waals surface area (Å²) in [6, 6.07) is 0.325. The van der Waals surface area contributed by atoms with Crippen LogP contribution in [0.3, 0.4) is 0 Å². The lowest BCUT2D eigenvalue weighted by molar-refractivity contribution is -0.706. The summed E-state index contributed by atoms with van der Waals surface area (Å²) < 4.78 is 20.2. The van der Waals surface area contributed by atoms with Gasteiger partial charge < -0.3 is 39.6 Å². The van der Waals surface area contributed by atoms with Crippen LogP contribution in [0.4, 0.5) is 0 Å². The lowest BCUT2D eigenvalue weighted by Gasteiger charge is -2.58. The van der Waals surface area contributed by atoms with Crippen LogP contribution in [0.25, 0.3) is 0 Å². The van der Waals surface area contributed by atoms with Crippen LogP contribution in [0.1, 0.15) is 78.1 Å². The molecule has 15 atom stereocenters. The first kappa shape index (κ1) is 38.9. The molecule has 0 aromatic heterocycles. The average Bonchev–Trinajstić information content (AvgIpc) is 3.50. The Kier molecular flexibility index (Phi) is 11.1. The highest BCUT2D eigenvalue weighted by atomic mass is 33.1. The normalized spacial score (nSPS) is 46.2. The van der Waals surface area contributed by atoms with Crippen LogP contribution in [0, 0.1) is 41.4 Å². The average molecular weight is 789 g/mol. The van der Waals surface area contributed by atoms with Crippen LogP contribution in [0.5, 0.6) is 0 Å². The van der Waals surface area contributed by atoms with E-state index in [1.54, 1.807) is 13.0 Å². The van der Waals surface area contributed by atoms with E-state index >= 15 is 0 Å². The Morgan fingerprint density at radius 2 is 2.02 bits per heavy atom. The van der Waals surface area contributed by atoms with Crippen molar-refractivity contribution in [1.82, 2.24) is 4.90 Å². The number of aliphatic hydroxyl groups is 1. The van der Waals surface area contributed by atoms with Crippen LogP contribution in [-0.4, -0.2) is 114 Å². The molecule has 54 heavy (non-hydrogen) atoms. The van der Waals surface area contributed by atoms with E-state index in [1.165, 1.54) is 5.57 Å². The molecule has 1 amide bonds. The van der Waals surface area contributed by atoms with Crippen molar-refractivity contribution in [1.29, 1.82) is 0 Å². The molecular formula is C40H60N4O8S2+2. The van der Waals surface area contributed by atoms with Gasteiger partial charge in [-0.1, -0.05) is 39.3 Å². The summed E-state index contributed by atoms with van der Waals surface area (Å²) in [5.74, 6) is 0.996. The Morgan fingerprint density at radius 1 is 1.19 bits per heavy atom. The van der Waals surface area contributed by atoms with E-state index < -0.39 is 17.2 Å². The number of carbonyl (C=O) groups excluding carboxylic acids is 4. The maximum absolute atomic E-state index is 14.5. The first-order valence-electron chi connectivity index (χ1n) is 20.5. The van der Waals surface area contributed by atoms with Gasteiger partial charge in [0.05, 0.1) is 37.6 Å². The summed E-state index contributed by atoms with van der Waals surface area (Å²) in [5.41, 5.74) is 6.57. The maximum Gasteiger partial charge on any atom is 0.334 e. The van der Waals surface area contributed by atoms with E-state index in [-0.39, 0.29) is 96.1 Å². The zero-order chi connectivity index (χ0) is 37.9. The predicted octanol–water partition coefficient (Wildman–Crippen LogP) is 1.07. The van der Waals surface area contributed by atoms with Gasteiger partial charge in [0.2, 0.25) is 5.91 Å². The van der Waals surface area contributed by atoms with Gasteiger partial charge in [-0.05, 0) is 57.3 Å². The van der Waals surface area contributed by atoms with Crippen LogP contribution < -0.4 is 16.4 Å².